The van der Waals surface area contributed by atoms with Gasteiger partial charge in [0.15, 0.2) is 5.17 Å². The Kier molecular flexibility index (Phi) is 6.09. The van der Waals surface area contributed by atoms with Crippen LogP contribution in [0.25, 0.3) is 11.8 Å². The maximum Gasteiger partial charge on any atom is 0.174 e. The molecule has 3 aliphatic rings. The predicted octanol–water partition coefficient (Wildman–Crippen LogP) is 9.28. The Labute approximate surface area is 220 Å². The second kappa shape index (κ2) is 9.39. The number of hydrogen-bond donors (Lipinski definition) is 0. The van der Waals surface area contributed by atoms with Crippen LogP contribution in [0.3, 0.4) is 0 Å². The normalized spacial score (nSPS) is 20.5. The summed E-state index contributed by atoms with van der Waals surface area (Å²) in [7, 11) is 0. The molecule has 0 unspecified atom stereocenters. The highest BCUT2D eigenvalue weighted by molar-refractivity contribution is 8.16. The monoisotopic (exact) mass is 514 g/mol. The van der Waals surface area contributed by atoms with Crippen LogP contribution < -0.4 is 0 Å². The smallest absolute Gasteiger partial charge is 0.174 e. The fourth-order valence-electron chi connectivity index (χ4n) is 5.06. The first-order valence-electron chi connectivity index (χ1n) is 11.8. The van der Waals surface area contributed by atoms with Crippen molar-refractivity contribution in [3.8, 4) is 0 Å². The number of thioether (sulfide) groups is 1. The van der Waals surface area contributed by atoms with Gasteiger partial charge in [0.2, 0.25) is 0 Å². The number of allylic oxidation sites excluding steroid dienone is 1. The van der Waals surface area contributed by atoms with Crippen molar-refractivity contribution in [1.82, 2.24) is 4.90 Å². The third kappa shape index (κ3) is 4.38. The zero-order valence-corrected chi connectivity index (χ0v) is 21.7. The summed E-state index contributed by atoms with van der Waals surface area (Å²) in [4.78, 5) is 7.68. The molecule has 5 heteroatoms. The van der Waals surface area contributed by atoms with Gasteiger partial charge in [0.05, 0.1) is 17.4 Å². The van der Waals surface area contributed by atoms with Crippen LogP contribution in [0.1, 0.15) is 47.6 Å². The molecule has 0 saturated carbocycles. The molecule has 2 heterocycles. The lowest BCUT2D eigenvalue weighted by Crippen LogP contribution is -2.34. The highest BCUT2D eigenvalue weighted by Gasteiger charge is 2.40. The number of amidine groups is 1. The highest BCUT2D eigenvalue weighted by atomic mass is 35.5. The van der Waals surface area contributed by atoms with Crippen LogP contribution in [0.5, 0.6) is 0 Å². The number of aryl methyl sites for hydroxylation is 1. The van der Waals surface area contributed by atoms with Crippen molar-refractivity contribution in [2.75, 3.05) is 0 Å². The zero-order valence-electron chi connectivity index (χ0n) is 19.3. The summed E-state index contributed by atoms with van der Waals surface area (Å²) in [5.74, 6) is 0. The summed E-state index contributed by atoms with van der Waals surface area (Å²) < 4.78 is 0. The Bertz CT molecular complexity index is 1400. The van der Waals surface area contributed by atoms with E-state index >= 15 is 0 Å². The van der Waals surface area contributed by atoms with E-state index < -0.39 is 0 Å². The molecule has 0 amide bonds. The Balaban J connectivity index is 1.48. The van der Waals surface area contributed by atoms with Gasteiger partial charge in [-0.25, -0.2) is 4.99 Å². The highest BCUT2D eigenvalue weighted by Crippen LogP contribution is 2.51. The molecule has 1 atom stereocenters. The molecule has 35 heavy (non-hydrogen) atoms. The summed E-state index contributed by atoms with van der Waals surface area (Å²) >= 11 is 14.1. The molecule has 1 aliphatic carbocycles. The van der Waals surface area contributed by atoms with Gasteiger partial charge in [-0.15, -0.1) is 0 Å². The first kappa shape index (κ1) is 22.7. The number of benzene rings is 3. The minimum absolute atomic E-state index is 0.0891. The number of rotatable bonds is 3. The van der Waals surface area contributed by atoms with Crippen molar-refractivity contribution >= 4 is 51.9 Å². The minimum atomic E-state index is 0.0891. The molecule has 3 aromatic rings. The van der Waals surface area contributed by atoms with Crippen molar-refractivity contribution in [2.45, 2.75) is 32.2 Å². The zero-order chi connectivity index (χ0) is 23.9. The second-order valence-electron chi connectivity index (χ2n) is 9.15. The van der Waals surface area contributed by atoms with Crippen LogP contribution >= 0.6 is 35.0 Å². The fourth-order valence-corrected chi connectivity index (χ4v) is 6.24. The Morgan fingerprint density at radius 3 is 2.29 bits per heavy atom. The lowest BCUT2D eigenvalue weighted by atomic mass is 9.82. The molecule has 0 fully saturated rings. The van der Waals surface area contributed by atoms with Crippen LogP contribution in [-0.4, -0.2) is 10.1 Å². The van der Waals surface area contributed by atoms with E-state index in [2.05, 4.69) is 71.8 Å². The number of nitrogens with zero attached hydrogens (tertiary/aromatic N) is 2. The number of fused-ring (bicyclic) bond motifs is 1. The van der Waals surface area contributed by atoms with Gasteiger partial charge in [0, 0.05) is 15.5 Å². The van der Waals surface area contributed by atoms with Crippen molar-refractivity contribution in [3.05, 3.63) is 127 Å². The van der Waals surface area contributed by atoms with E-state index in [-0.39, 0.29) is 6.04 Å². The first-order chi connectivity index (χ1) is 17.1. The molecule has 2 nitrogen and oxygen atoms in total. The van der Waals surface area contributed by atoms with Crippen LogP contribution in [0, 0.1) is 6.92 Å². The summed E-state index contributed by atoms with van der Waals surface area (Å²) in [5.41, 5.74) is 9.88. The SMILES string of the molecule is Cc1ccc(C2=CSC3=NC4=C(CCC/C4=C\c4ccc(Cl)cc4)[C@@H](c4ccc(Cl)cc4)N23)cc1. The molecule has 0 N–H and O–H groups in total. The third-order valence-electron chi connectivity index (χ3n) is 6.78. The topological polar surface area (TPSA) is 15.6 Å². The Morgan fingerprint density at radius 1 is 0.886 bits per heavy atom. The van der Waals surface area contributed by atoms with Gasteiger partial charge in [0.1, 0.15) is 0 Å². The summed E-state index contributed by atoms with van der Waals surface area (Å²) in [6, 6.07) is 25.2. The van der Waals surface area contributed by atoms with E-state index in [1.54, 1.807) is 11.8 Å². The van der Waals surface area contributed by atoms with Crippen molar-refractivity contribution in [3.63, 3.8) is 0 Å². The summed E-state index contributed by atoms with van der Waals surface area (Å²) in [5, 5.41) is 4.78. The molecular formula is C30H24Cl2N2S. The van der Waals surface area contributed by atoms with Crippen molar-refractivity contribution in [2.24, 2.45) is 4.99 Å². The van der Waals surface area contributed by atoms with E-state index in [1.807, 2.05) is 24.3 Å². The second-order valence-corrected chi connectivity index (χ2v) is 10.9. The summed E-state index contributed by atoms with van der Waals surface area (Å²) in [6.45, 7) is 2.12. The molecule has 2 aliphatic heterocycles. The van der Waals surface area contributed by atoms with Gasteiger partial charge < -0.3 is 4.90 Å². The Hall–Kier alpha value is -2.72. The van der Waals surface area contributed by atoms with Crippen LogP contribution in [0.4, 0.5) is 0 Å². The van der Waals surface area contributed by atoms with E-state index in [0.29, 0.717) is 0 Å². The standard InChI is InChI=1S/C30H24Cl2N2S/c1-19-5-9-21(10-6-19)27-18-35-30-33-28-23(17-20-7-13-24(31)14-8-20)3-2-4-26(28)29(34(27)30)22-11-15-25(32)16-12-22/h5-18,29H,2-4H2,1H3/b23-17+/t29-/m1/s1. The third-order valence-corrected chi connectivity index (χ3v) is 8.13. The van der Waals surface area contributed by atoms with E-state index in [4.69, 9.17) is 28.2 Å². The largest absolute Gasteiger partial charge is 0.308 e. The van der Waals surface area contributed by atoms with Gasteiger partial charge in [-0.2, -0.15) is 0 Å². The molecule has 0 saturated heterocycles. The first-order valence-corrected chi connectivity index (χ1v) is 13.5. The van der Waals surface area contributed by atoms with Crippen LogP contribution in [-0.2, 0) is 0 Å². The Morgan fingerprint density at radius 2 is 1.57 bits per heavy atom. The van der Waals surface area contributed by atoms with Crippen molar-refractivity contribution in [1.29, 1.82) is 0 Å². The molecule has 174 valence electrons. The van der Waals surface area contributed by atoms with E-state index in [0.717, 1.165) is 45.7 Å². The average Bonchev–Trinajstić information content (AvgIpc) is 3.29. The quantitative estimate of drug-likeness (QED) is 0.345. The number of hydrogen-bond acceptors (Lipinski definition) is 3. The number of aliphatic imine (C=N–C) groups is 1. The van der Waals surface area contributed by atoms with Gasteiger partial charge in [-0.1, -0.05) is 89.1 Å². The molecular weight excluding hydrogens is 491 g/mol. The fraction of sp³-hybridized carbons (Fsp3) is 0.167. The molecule has 3 aromatic carbocycles. The minimum Gasteiger partial charge on any atom is -0.308 e. The molecule has 0 spiro atoms. The maximum absolute atomic E-state index is 6.28. The molecule has 0 radical (unpaired) electrons. The van der Waals surface area contributed by atoms with Gasteiger partial charge >= 0.3 is 0 Å². The van der Waals surface area contributed by atoms with E-state index in [9.17, 15) is 0 Å². The van der Waals surface area contributed by atoms with Crippen LogP contribution in [0.2, 0.25) is 10.0 Å². The summed E-state index contributed by atoms with van der Waals surface area (Å²) in [6.07, 6.45) is 5.43. The van der Waals surface area contributed by atoms with Crippen LogP contribution in [0.15, 0.2) is 100 Å². The molecule has 0 aromatic heterocycles. The number of halogens is 2. The lowest BCUT2D eigenvalue weighted by Gasteiger charge is -2.40. The van der Waals surface area contributed by atoms with Gasteiger partial charge in [-0.3, -0.25) is 0 Å². The molecule has 6 rings (SSSR count). The van der Waals surface area contributed by atoms with Crippen molar-refractivity contribution < 1.29 is 0 Å². The maximum atomic E-state index is 6.28. The van der Waals surface area contributed by atoms with E-state index in [1.165, 1.54) is 33.5 Å². The average molecular weight is 516 g/mol. The van der Waals surface area contributed by atoms with Gasteiger partial charge in [0.25, 0.3) is 0 Å². The van der Waals surface area contributed by atoms with Gasteiger partial charge in [-0.05, 0) is 84.4 Å². The lowest BCUT2D eigenvalue weighted by molar-refractivity contribution is 0.458. The predicted molar refractivity (Wildman–Crippen MR) is 151 cm³/mol. The molecule has 0 bridgehead atoms.